The molecular weight excluding hydrogens is 712 g/mol. The lowest BCUT2D eigenvalue weighted by Gasteiger charge is -2.47. The van der Waals surface area contributed by atoms with Gasteiger partial charge >= 0.3 is 23.7 Å². The highest BCUT2D eigenvalue weighted by Gasteiger charge is 2.83. The minimum atomic E-state index is -5.73. The summed E-state index contributed by atoms with van der Waals surface area (Å²) in [4.78, 5) is 0. The van der Waals surface area contributed by atoms with Crippen LogP contribution < -0.4 is 4.74 Å². The molecule has 0 saturated heterocycles. The van der Waals surface area contributed by atoms with Gasteiger partial charge < -0.3 is 9.84 Å². The fourth-order valence-electron chi connectivity index (χ4n) is 7.36. The first-order valence-electron chi connectivity index (χ1n) is 16.9. The van der Waals surface area contributed by atoms with Crippen LogP contribution in [0.5, 0.6) is 11.5 Å². The van der Waals surface area contributed by atoms with Gasteiger partial charge in [0.1, 0.15) is 11.5 Å². The number of halogens is 8. The Balaban J connectivity index is 1.42. The Morgan fingerprint density at radius 2 is 0.704 bits per heavy atom. The SMILES string of the molecule is COc1ccc(-c2ccc(-c3ccc4c(c3)C(C(F)(F)C(C)(F)F)(C(F)(F)C(C)(F)F)c3cc(-c5ccc(-c6ccc(O)cc6)cc5)ccc3-4)cc2)cc1. The zero-order valence-electron chi connectivity index (χ0n) is 29.1. The lowest BCUT2D eigenvalue weighted by atomic mass is 9.64. The summed E-state index contributed by atoms with van der Waals surface area (Å²) in [5, 5.41) is 9.63. The molecule has 0 aromatic heterocycles. The van der Waals surface area contributed by atoms with E-state index in [1.165, 1.54) is 43.5 Å². The molecule has 10 heteroatoms. The Hall–Kier alpha value is -5.64. The molecule has 1 aliphatic rings. The first-order valence-corrected chi connectivity index (χ1v) is 16.9. The second-order valence-corrected chi connectivity index (χ2v) is 13.6. The molecule has 0 bridgehead atoms. The van der Waals surface area contributed by atoms with Crippen LogP contribution >= 0.6 is 0 Å². The van der Waals surface area contributed by atoms with Crippen LogP contribution in [0.25, 0.3) is 55.6 Å². The molecule has 0 amide bonds. The molecule has 0 radical (unpaired) electrons. The Morgan fingerprint density at radius 3 is 1.02 bits per heavy atom. The van der Waals surface area contributed by atoms with E-state index in [0.29, 0.717) is 22.4 Å². The molecule has 0 unspecified atom stereocenters. The number of methoxy groups -OCH3 is 1. The van der Waals surface area contributed by atoms with Crippen molar-refractivity contribution in [2.24, 2.45) is 0 Å². The molecule has 0 heterocycles. The molecule has 0 atom stereocenters. The number of aromatic hydroxyl groups is 1. The van der Waals surface area contributed by atoms with E-state index >= 15 is 35.1 Å². The van der Waals surface area contributed by atoms with Gasteiger partial charge in [0.15, 0.2) is 5.41 Å². The van der Waals surface area contributed by atoms with E-state index < -0.39 is 40.2 Å². The summed E-state index contributed by atoms with van der Waals surface area (Å²) in [5.74, 6) is -21.1. The summed E-state index contributed by atoms with van der Waals surface area (Å²) < 4.78 is 133. The van der Waals surface area contributed by atoms with Gasteiger partial charge in [-0.05, 0) is 103 Å². The Bertz CT molecular complexity index is 2300. The van der Waals surface area contributed by atoms with E-state index in [4.69, 9.17) is 4.74 Å². The van der Waals surface area contributed by atoms with E-state index in [1.807, 2.05) is 12.1 Å². The van der Waals surface area contributed by atoms with Crippen molar-refractivity contribution in [3.8, 4) is 67.1 Å². The van der Waals surface area contributed by atoms with Gasteiger partial charge in [0.25, 0.3) is 0 Å². The van der Waals surface area contributed by atoms with Crippen LogP contribution in [0.1, 0.15) is 25.0 Å². The summed E-state index contributed by atoms with van der Waals surface area (Å²) in [6, 6.07) is 33.7. The van der Waals surface area contributed by atoms with Crippen molar-refractivity contribution < 1.29 is 45.0 Å². The van der Waals surface area contributed by atoms with Crippen LogP contribution in [0.4, 0.5) is 35.1 Å². The summed E-state index contributed by atoms with van der Waals surface area (Å²) in [5.41, 5.74) is -3.33. The smallest absolute Gasteiger partial charge is 0.329 e. The van der Waals surface area contributed by atoms with Gasteiger partial charge in [-0.3, -0.25) is 0 Å². The van der Waals surface area contributed by atoms with Gasteiger partial charge in [-0.1, -0.05) is 97.1 Å². The van der Waals surface area contributed by atoms with Crippen molar-refractivity contribution in [1.82, 2.24) is 0 Å². The van der Waals surface area contributed by atoms with Gasteiger partial charge in [-0.25, -0.2) is 17.6 Å². The molecule has 7 rings (SSSR count). The van der Waals surface area contributed by atoms with Crippen LogP contribution in [0.2, 0.25) is 0 Å². The standard InChI is InChI=1S/C44H32F8O2/c1-40(45,46)43(49,50)42(44(51,52)41(2,47)48)38-24-32(30-8-4-26(5-9-30)28-12-18-34(53)19-13-28)16-22-36(38)37-23-17-33(25-39(37)42)31-10-6-27(7-11-31)29-14-20-35(54-3)21-15-29/h4-25,53H,1-3H3. The highest BCUT2D eigenvalue weighted by Crippen LogP contribution is 2.68. The molecule has 6 aromatic rings. The molecular formula is C44H32F8O2. The molecule has 0 fully saturated rings. The number of fused-ring (bicyclic) bond motifs is 3. The predicted molar refractivity (Wildman–Crippen MR) is 194 cm³/mol. The summed E-state index contributed by atoms with van der Waals surface area (Å²) in [6.07, 6.45) is 0. The molecule has 1 N–H and O–H groups in total. The molecule has 276 valence electrons. The van der Waals surface area contributed by atoms with Crippen LogP contribution in [0.15, 0.2) is 133 Å². The highest BCUT2D eigenvalue weighted by atomic mass is 19.3. The molecule has 0 saturated carbocycles. The van der Waals surface area contributed by atoms with E-state index in [2.05, 4.69) is 0 Å². The number of benzene rings is 6. The first-order chi connectivity index (χ1) is 25.4. The van der Waals surface area contributed by atoms with Crippen molar-refractivity contribution >= 4 is 0 Å². The van der Waals surface area contributed by atoms with Crippen LogP contribution in [0.3, 0.4) is 0 Å². The third kappa shape index (κ3) is 5.61. The summed E-state index contributed by atoms with van der Waals surface area (Å²) in [6.45, 7) is -0.464. The minimum Gasteiger partial charge on any atom is -0.508 e. The van der Waals surface area contributed by atoms with Crippen molar-refractivity contribution in [2.45, 2.75) is 43.0 Å². The maximum Gasteiger partial charge on any atom is 0.329 e. The largest absolute Gasteiger partial charge is 0.508 e. The average molecular weight is 745 g/mol. The predicted octanol–water partition coefficient (Wildman–Crippen LogP) is 12.9. The third-order valence-electron chi connectivity index (χ3n) is 10.2. The molecule has 6 aromatic carbocycles. The average Bonchev–Trinajstić information content (AvgIpc) is 3.45. The normalized spacial score (nSPS) is 14.1. The van der Waals surface area contributed by atoms with Crippen molar-refractivity contribution in [3.63, 3.8) is 0 Å². The fourth-order valence-corrected chi connectivity index (χ4v) is 7.36. The Labute approximate surface area is 306 Å². The maximum atomic E-state index is 16.7. The fraction of sp³-hybridized carbons (Fsp3) is 0.182. The van der Waals surface area contributed by atoms with E-state index in [9.17, 15) is 5.11 Å². The van der Waals surface area contributed by atoms with Gasteiger partial charge in [0.2, 0.25) is 0 Å². The topological polar surface area (TPSA) is 29.5 Å². The van der Waals surface area contributed by atoms with Crippen LogP contribution in [0, 0.1) is 0 Å². The molecule has 0 spiro atoms. The molecule has 0 aliphatic heterocycles. The second-order valence-electron chi connectivity index (χ2n) is 13.6. The van der Waals surface area contributed by atoms with Gasteiger partial charge in [0.05, 0.1) is 7.11 Å². The number of hydrogen-bond donors (Lipinski definition) is 1. The first kappa shape index (κ1) is 36.7. The zero-order valence-corrected chi connectivity index (χ0v) is 29.1. The molecule has 1 aliphatic carbocycles. The number of alkyl halides is 8. The van der Waals surface area contributed by atoms with Gasteiger partial charge in [-0.15, -0.1) is 0 Å². The van der Waals surface area contributed by atoms with Crippen molar-refractivity contribution in [1.29, 1.82) is 0 Å². The van der Waals surface area contributed by atoms with E-state index in [1.54, 1.807) is 72.8 Å². The summed E-state index contributed by atoms with van der Waals surface area (Å²) >= 11 is 0. The molecule has 2 nitrogen and oxygen atoms in total. The highest BCUT2D eigenvalue weighted by molar-refractivity contribution is 5.88. The van der Waals surface area contributed by atoms with E-state index in [-0.39, 0.29) is 41.9 Å². The quantitative estimate of drug-likeness (QED) is 0.149. The van der Waals surface area contributed by atoms with Crippen LogP contribution in [-0.2, 0) is 5.41 Å². The lowest BCUT2D eigenvalue weighted by molar-refractivity contribution is -0.314. The number of rotatable bonds is 9. The van der Waals surface area contributed by atoms with Crippen molar-refractivity contribution in [3.05, 3.63) is 145 Å². The summed E-state index contributed by atoms with van der Waals surface area (Å²) in [7, 11) is 1.53. The Morgan fingerprint density at radius 1 is 0.426 bits per heavy atom. The maximum absolute atomic E-state index is 16.7. The second kappa shape index (κ2) is 12.7. The third-order valence-corrected chi connectivity index (χ3v) is 10.2. The Kier molecular flexibility index (Phi) is 8.67. The minimum absolute atomic E-state index is 0.0525. The number of hydrogen-bond acceptors (Lipinski definition) is 2. The van der Waals surface area contributed by atoms with Crippen LogP contribution in [-0.4, -0.2) is 35.9 Å². The monoisotopic (exact) mass is 744 g/mol. The van der Waals surface area contributed by atoms with E-state index in [0.717, 1.165) is 28.8 Å². The number of ether oxygens (including phenoxy) is 1. The lowest BCUT2D eigenvalue weighted by Crippen LogP contribution is -2.68. The van der Waals surface area contributed by atoms with Crippen molar-refractivity contribution in [2.75, 3.05) is 7.11 Å². The number of phenols is 1. The zero-order chi connectivity index (χ0) is 38.8. The number of phenolic OH excluding ortho intramolecular Hbond substituents is 1. The molecule has 54 heavy (non-hydrogen) atoms. The van der Waals surface area contributed by atoms with Gasteiger partial charge in [-0.2, -0.15) is 17.6 Å². The van der Waals surface area contributed by atoms with Gasteiger partial charge in [0, 0.05) is 13.8 Å².